The highest BCUT2D eigenvalue weighted by atomic mass is 16.5. The van der Waals surface area contributed by atoms with E-state index in [1.807, 2.05) is 6.92 Å². The van der Waals surface area contributed by atoms with Gasteiger partial charge in [0.05, 0.1) is 30.5 Å². The number of hydrogen-bond donors (Lipinski definition) is 2. The molecule has 0 atom stereocenters. The molecule has 0 aromatic heterocycles. The zero-order chi connectivity index (χ0) is 23.5. The van der Waals surface area contributed by atoms with Gasteiger partial charge in [0.15, 0.2) is 11.5 Å². The Morgan fingerprint density at radius 2 is 1.70 bits per heavy atom. The van der Waals surface area contributed by atoms with Crippen LogP contribution in [0.1, 0.15) is 43.6 Å². The molecule has 0 fully saturated rings. The minimum atomic E-state index is -0.489. The smallest absolute Gasteiger partial charge is 0.266 e. The largest absolute Gasteiger partial charge is 0.504 e. The minimum absolute atomic E-state index is 0.00598. The normalized spacial score (nSPS) is 12.5. The second kappa shape index (κ2) is 9.04. The maximum atomic E-state index is 13.0. The summed E-state index contributed by atoms with van der Waals surface area (Å²) < 4.78 is 10.5. The fourth-order valence-electron chi connectivity index (χ4n) is 3.59. The SMILES string of the molecule is CCOc1ccc(N2C(=O)c3ccc(C(=O)NCc4ccc(O)c(OC)c4)cc3C2=O)cc1. The van der Waals surface area contributed by atoms with Gasteiger partial charge in [0.2, 0.25) is 0 Å². The third-order valence-electron chi connectivity index (χ3n) is 5.25. The standard InChI is InChI=1S/C25H22N2O6/c1-3-33-18-8-6-17(7-9-18)27-24(30)19-10-5-16(13-20(19)25(27)31)23(29)26-14-15-4-11-21(28)22(12-15)32-2/h4-13,28H,3,14H2,1-2H3,(H,26,29). The molecule has 0 spiro atoms. The number of benzene rings is 3. The maximum absolute atomic E-state index is 13.0. The van der Waals surface area contributed by atoms with Crippen molar-refractivity contribution in [1.29, 1.82) is 0 Å². The number of aromatic hydroxyl groups is 1. The number of methoxy groups -OCH3 is 1. The number of nitrogens with zero attached hydrogens (tertiary/aromatic N) is 1. The average Bonchev–Trinajstić information content (AvgIpc) is 3.08. The number of anilines is 1. The topological polar surface area (TPSA) is 105 Å². The summed E-state index contributed by atoms with van der Waals surface area (Å²) in [5, 5.41) is 12.5. The molecular weight excluding hydrogens is 424 g/mol. The van der Waals surface area contributed by atoms with Gasteiger partial charge in [-0.2, -0.15) is 0 Å². The van der Waals surface area contributed by atoms with Crippen molar-refractivity contribution in [2.45, 2.75) is 13.5 Å². The Morgan fingerprint density at radius 1 is 0.970 bits per heavy atom. The molecule has 3 aromatic carbocycles. The Labute approximate surface area is 190 Å². The molecule has 8 nitrogen and oxygen atoms in total. The molecule has 0 saturated heterocycles. The molecule has 3 aromatic rings. The van der Waals surface area contributed by atoms with Crippen molar-refractivity contribution < 1.29 is 29.0 Å². The van der Waals surface area contributed by atoms with Gasteiger partial charge in [0.25, 0.3) is 17.7 Å². The number of ether oxygens (including phenoxy) is 2. The molecule has 33 heavy (non-hydrogen) atoms. The third kappa shape index (κ3) is 4.23. The van der Waals surface area contributed by atoms with Gasteiger partial charge in [-0.3, -0.25) is 14.4 Å². The van der Waals surface area contributed by atoms with Crippen molar-refractivity contribution in [3.63, 3.8) is 0 Å². The van der Waals surface area contributed by atoms with Crippen LogP contribution in [0, 0.1) is 0 Å². The number of phenolic OH excluding ortho intramolecular Hbond substituents is 1. The first kappa shape index (κ1) is 21.9. The highest BCUT2D eigenvalue weighted by molar-refractivity contribution is 6.34. The number of amides is 3. The van der Waals surface area contributed by atoms with Gasteiger partial charge in [0, 0.05) is 12.1 Å². The zero-order valence-electron chi connectivity index (χ0n) is 18.1. The second-order valence-electron chi connectivity index (χ2n) is 7.32. The van der Waals surface area contributed by atoms with Crippen LogP contribution in [0.2, 0.25) is 0 Å². The summed E-state index contributed by atoms with van der Waals surface area (Å²) in [5.41, 5.74) is 1.83. The second-order valence-corrected chi connectivity index (χ2v) is 7.32. The third-order valence-corrected chi connectivity index (χ3v) is 5.25. The Bertz CT molecular complexity index is 1240. The van der Waals surface area contributed by atoms with E-state index >= 15 is 0 Å². The fraction of sp³-hybridized carbons (Fsp3) is 0.160. The summed E-state index contributed by atoms with van der Waals surface area (Å²) in [6.07, 6.45) is 0. The van der Waals surface area contributed by atoms with Gasteiger partial charge in [0.1, 0.15) is 5.75 Å². The van der Waals surface area contributed by atoms with E-state index < -0.39 is 17.7 Å². The van der Waals surface area contributed by atoms with Crippen LogP contribution < -0.4 is 19.7 Å². The van der Waals surface area contributed by atoms with E-state index in [4.69, 9.17) is 9.47 Å². The lowest BCUT2D eigenvalue weighted by Crippen LogP contribution is -2.29. The van der Waals surface area contributed by atoms with E-state index in [-0.39, 0.29) is 29.0 Å². The van der Waals surface area contributed by atoms with E-state index in [1.54, 1.807) is 36.4 Å². The molecule has 168 valence electrons. The zero-order valence-corrected chi connectivity index (χ0v) is 18.1. The van der Waals surface area contributed by atoms with Crippen LogP contribution in [0.15, 0.2) is 60.7 Å². The van der Waals surface area contributed by atoms with Gasteiger partial charge in [-0.1, -0.05) is 6.07 Å². The number of fused-ring (bicyclic) bond motifs is 1. The van der Waals surface area contributed by atoms with E-state index in [1.165, 1.54) is 31.4 Å². The van der Waals surface area contributed by atoms with Gasteiger partial charge >= 0.3 is 0 Å². The summed E-state index contributed by atoms with van der Waals surface area (Å²) in [6, 6.07) is 15.9. The molecule has 4 rings (SSSR count). The monoisotopic (exact) mass is 446 g/mol. The van der Waals surface area contributed by atoms with Crippen LogP contribution in [-0.2, 0) is 6.54 Å². The molecule has 1 aliphatic heterocycles. The Kier molecular flexibility index (Phi) is 5.99. The number of nitrogens with one attached hydrogen (secondary N) is 1. The predicted octanol–water partition coefficient (Wildman–Crippen LogP) is 3.53. The number of hydrogen-bond acceptors (Lipinski definition) is 6. The molecule has 0 aliphatic carbocycles. The van der Waals surface area contributed by atoms with Crippen molar-refractivity contribution in [3.05, 3.63) is 82.9 Å². The van der Waals surface area contributed by atoms with E-state index in [9.17, 15) is 19.5 Å². The lowest BCUT2D eigenvalue weighted by atomic mass is 10.1. The molecule has 8 heteroatoms. The Hall–Kier alpha value is -4.33. The summed E-state index contributed by atoms with van der Waals surface area (Å²) in [4.78, 5) is 39.6. The van der Waals surface area contributed by atoms with Crippen LogP contribution in [-0.4, -0.2) is 36.5 Å². The van der Waals surface area contributed by atoms with Crippen molar-refractivity contribution in [1.82, 2.24) is 5.32 Å². The molecular formula is C25H22N2O6. The molecule has 0 saturated carbocycles. The van der Waals surface area contributed by atoms with Crippen LogP contribution in [0.3, 0.4) is 0 Å². The van der Waals surface area contributed by atoms with Gasteiger partial charge in [-0.25, -0.2) is 4.90 Å². The number of imide groups is 1. The lowest BCUT2D eigenvalue weighted by molar-refractivity contribution is 0.0923. The number of carbonyl (C=O) groups excluding carboxylic acids is 3. The summed E-state index contributed by atoms with van der Waals surface area (Å²) in [7, 11) is 1.44. The number of carbonyl (C=O) groups is 3. The number of rotatable bonds is 7. The van der Waals surface area contributed by atoms with Gasteiger partial charge in [-0.05, 0) is 67.1 Å². The molecule has 3 amide bonds. The predicted molar refractivity (Wildman–Crippen MR) is 121 cm³/mol. The van der Waals surface area contributed by atoms with E-state index in [2.05, 4.69) is 5.32 Å². The first-order valence-corrected chi connectivity index (χ1v) is 10.3. The highest BCUT2D eigenvalue weighted by Gasteiger charge is 2.37. The van der Waals surface area contributed by atoms with Crippen LogP contribution in [0.4, 0.5) is 5.69 Å². The van der Waals surface area contributed by atoms with Crippen molar-refractivity contribution in [2.75, 3.05) is 18.6 Å². The fourth-order valence-corrected chi connectivity index (χ4v) is 3.59. The molecule has 0 radical (unpaired) electrons. The lowest BCUT2D eigenvalue weighted by Gasteiger charge is -2.14. The van der Waals surface area contributed by atoms with E-state index in [0.29, 0.717) is 23.8 Å². The van der Waals surface area contributed by atoms with Crippen LogP contribution in [0.5, 0.6) is 17.2 Å². The quantitative estimate of drug-likeness (QED) is 0.538. The van der Waals surface area contributed by atoms with Crippen molar-refractivity contribution in [3.8, 4) is 17.2 Å². The molecule has 2 N–H and O–H groups in total. The first-order chi connectivity index (χ1) is 15.9. The van der Waals surface area contributed by atoms with Crippen LogP contribution in [0.25, 0.3) is 0 Å². The van der Waals surface area contributed by atoms with Crippen molar-refractivity contribution in [2.24, 2.45) is 0 Å². The number of phenols is 1. The minimum Gasteiger partial charge on any atom is -0.504 e. The van der Waals surface area contributed by atoms with Gasteiger partial charge < -0.3 is 19.9 Å². The molecule has 1 aliphatic rings. The summed E-state index contributed by atoms with van der Waals surface area (Å²) in [6.45, 7) is 2.57. The molecule has 0 unspecified atom stereocenters. The Balaban J connectivity index is 1.50. The summed E-state index contributed by atoms with van der Waals surface area (Å²) >= 11 is 0. The first-order valence-electron chi connectivity index (χ1n) is 10.3. The highest BCUT2D eigenvalue weighted by Crippen LogP contribution is 2.30. The van der Waals surface area contributed by atoms with Crippen LogP contribution >= 0.6 is 0 Å². The molecule has 0 bridgehead atoms. The average molecular weight is 446 g/mol. The van der Waals surface area contributed by atoms with Gasteiger partial charge in [-0.15, -0.1) is 0 Å². The summed E-state index contributed by atoms with van der Waals surface area (Å²) in [5.74, 6) is -0.378. The van der Waals surface area contributed by atoms with E-state index in [0.717, 1.165) is 10.5 Å². The maximum Gasteiger partial charge on any atom is 0.266 e. The molecule has 1 heterocycles. The Morgan fingerprint density at radius 3 is 2.39 bits per heavy atom. The van der Waals surface area contributed by atoms with Crippen molar-refractivity contribution >= 4 is 23.4 Å².